The summed E-state index contributed by atoms with van der Waals surface area (Å²) < 4.78 is 5.25. The summed E-state index contributed by atoms with van der Waals surface area (Å²) in [5, 5.41) is 8.94. The van der Waals surface area contributed by atoms with Crippen LogP contribution in [-0.2, 0) is 14.3 Å². The third-order valence-electron chi connectivity index (χ3n) is 2.95. The number of rotatable bonds is 4. The number of carboxylic acids is 1. The van der Waals surface area contributed by atoms with Gasteiger partial charge in [0, 0.05) is 19.3 Å². The lowest BCUT2D eigenvalue weighted by atomic mass is 9.96. The molecule has 5 heteroatoms. The van der Waals surface area contributed by atoms with E-state index < -0.39 is 5.97 Å². The van der Waals surface area contributed by atoms with Crippen molar-refractivity contribution in [3.05, 3.63) is 12.2 Å². The van der Waals surface area contributed by atoms with Gasteiger partial charge in [-0.15, -0.1) is 0 Å². The molecule has 108 valence electrons. The quantitative estimate of drug-likeness (QED) is 0.789. The van der Waals surface area contributed by atoms with Gasteiger partial charge < -0.3 is 14.7 Å². The first kappa shape index (κ1) is 15.7. The van der Waals surface area contributed by atoms with Crippen molar-refractivity contribution in [2.45, 2.75) is 39.7 Å². The van der Waals surface area contributed by atoms with Crippen LogP contribution in [0.2, 0.25) is 0 Å². The van der Waals surface area contributed by atoms with Crippen LogP contribution in [0.4, 0.5) is 0 Å². The van der Waals surface area contributed by atoms with Crippen LogP contribution in [-0.4, -0.2) is 47.7 Å². The molecule has 0 bridgehead atoms. The highest BCUT2D eigenvalue weighted by atomic mass is 16.5. The molecular weight excluding hydrogens is 246 g/mol. The number of aliphatic carboxylic acids is 1. The van der Waals surface area contributed by atoms with E-state index in [0.717, 1.165) is 0 Å². The number of amides is 1. The molecule has 1 amide bonds. The molecule has 0 spiro atoms. The highest BCUT2D eigenvalue weighted by molar-refractivity contribution is 5.90. The summed E-state index contributed by atoms with van der Waals surface area (Å²) in [6.07, 6.45) is 4.69. The van der Waals surface area contributed by atoms with Crippen LogP contribution < -0.4 is 0 Å². The molecule has 0 aromatic heterocycles. The van der Waals surface area contributed by atoms with Crippen molar-refractivity contribution in [2.24, 2.45) is 5.41 Å². The Labute approximate surface area is 114 Å². The molecule has 0 radical (unpaired) electrons. The fraction of sp³-hybridized carbons (Fsp3) is 0.714. The maximum atomic E-state index is 12.2. The van der Waals surface area contributed by atoms with Gasteiger partial charge in [-0.05, 0) is 24.3 Å². The first-order valence-corrected chi connectivity index (χ1v) is 6.59. The van der Waals surface area contributed by atoms with Crippen molar-refractivity contribution in [1.82, 2.24) is 4.90 Å². The monoisotopic (exact) mass is 269 g/mol. The van der Waals surface area contributed by atoms with Crippen LogP contribution in [0.15, 0.2) is 12.2 Å². The second-order valence-corrected chi connectivity index (χ2v) is 5.90. The van der Waals surface area contributed by atoms with Crippen LogP contribution in [0.1, 0.15) is 33.6 Å². The predicted octanol–water partition coefficient (Wildman–Crippen LogP) is 1.68. The summed E-state index contributed by atoms with van der Waals surface area (Å²) in [7, 11) is 0. The van der Waals surface area contributed by atoms with Gasteiger partial charge in [-0.2, -0.15) is 0 Å². The van der Waals surface area contributed by atoms with Gasteiger partial charge in [0.15, 0.2) is 0 Å². The topological polar surface area (TPSA) is 66.8 Å². The Hall–Kier alpha value is -1.36. The fourth-order valence-electron chi connectivity index (χ4n) is 1.95. The summed E-state index contributed by atoms with van der Waals surface area (Å²) in [6, 6.07) is -0.0398. The number of nitrogens with zero attached hydrogens (tertiary/aromatic N) is 1. The van der Waals surface area contributed by atoms with Crippen LogP contribution in [0.5, 0.6) is 0 Å². The molecule has 0 unspecified atom stereocenters. The summed E-state index contributed by atoms with van der Waals surface area (Å²) in [6.45, 7) is 6.89. The minimum absolute atomic E-state index is 0.0398. The number of ether oxygens (including phenoxy) is 1. The Bertz CT molecular complexity index is 351. The molecule has 0 aromatic carbocycles. The molecule has 5 nitrogen and oxygen atoms in total. The molecule has 0 atom stereocenters. The Morgan fingerprint density at radius 3 is 2.37 bits per heavy atom. The maximum absolute atomic E-state index is 12.2. The van der Waals surface area contributed by atoms with E-state index in [0.29, 0.717) is 26.1 Å². The normalized spacial score (nSPS) is 17.6. The highest BCUT2D eigenvalue weighted by Crippen LogP contribution is 2.17. The number of carboxylic acid groups (broad SMARTS) is 1. The van der Waals surface area contributed by atoms with Crippen molar-refractivity contribution in [1.29, 1.82) is 0 Å². The second-order valence-electron chi connectivity index (χ2n) is 5.90. The third-order valence-corrected chi connectivity index (χ3v) is 2.95. The van der Waals surface area contributed by atoms with Crippen LogP contribution in [0, 0.1) is 5.41 Å². The molecular formula is C14H23NO4. The van der Waals surface area contributed by atoms with Gasteiger partial charge in [-0.1, -0.05) is 26.8 Å². The Kier molecular flexibility index (Phi) is 5.54. The van der Waals surface area contributed by atoms with Gasteiger partial charge in [-0.3, -0.25) is 9.59 Å². The predicted molar refractivity (Wildman–Crippen MR) is 71.8 cm³/mol. The fourth-order valence-corrected chi connectivity index (χ4v) is 1.95. The lowest BCUT2D eigenvalue weighted by Crippen LogP contribution is -2.45. The van der Waals surface area contributed by atoms with E-state index in [4.69, 9.17) is 9.84 Å². The molecule has 0 aliphatic carbocycles. The smallest absolute Gasteiger partial charge is 0.323 e. The zero-order valence-corrected chi connectivity index (χ0v) is 11.9. The van der Waals surface area contributed by atoms with E-state index in [1.54, 1.807) is 0 Å². The zero-order valence-electron chi connectivity index (χ0n) is 11.9. The van der Waals surface area contributed by atoms with E-state index >= 15 is 0 Å². The van der Waals surface area contributed by atoms with Crippen molar-refractivity contribution in [2.75, 3.05) is 19.8 Å². The minimum Gasteiger partial charge on any atom is -0.480 e. The number of carbonyl (C=O) groups excluding carboxylic acids is 1. The SMILES string of the molecule is CC(C)(C)/C=C\C(=O)N(CC(=O)O)C1CCOCC1. The van der Waals surface area contributed by atoms with Crippen molar-refractivity contribution in [3.63, 3.8) is 0 Å². The highest BCUT2D eigenvalue weighted by Gasteiger charge is 2.26. The minimum atomic E-state index is -0.982. The van der Waals surface area contributed by atoms with Gasteiger partial charge >= 0.3 is 5.97 Å². The lowest BCUT2D eigenvalue weighted by molar-refractivity contribution is -0.145. The number of hydrogen-bond donors (Lipinski definition) is 1. The van der Waals surface area contributed by atoms with E-state index in [-0.39, 0.29) is 23.9 Å². The molecule has 1 heterocycles. The standard InChI is InChI=1S/C14H23NO4/c1-14(2,3)7-4-12(16)15(10-13(17)18)11-5-8-19-9-6-11/h4,7,11H,5-6,8-10H2,1-3H3,(H,17,18)/b7-4-. The molecule has 1 rings (SSSR count). The second kappa shape index (κ2) is 6.70. The van der Waals surface area contributed by atoms with E-state index in [1.165, 1.54) is 11.0 Å². The number of hydrogen-bond acceptors (Lipinski definition) is 3. The molecule has 1 N–H and O–H groups in total. The zero-order chi connectivity index (χ0) is 14.5. The van der Waals surface area contributed by atoms with Gasteiger partial charge in [-0.25, -0.2) is 0 Å². The Morgan fingerprint density at radius 1 is 1.32 bits per heavy atom. The first-order valence-electron chi connectivity index (χ1n) is 6.59. The average molecular weight is 269 g/mol. The largest absolute Gasteiger partial charge is 0.480 e. The molecule has 1 fully saturated rings. The average Bonchev–Trinajstić information content (AvgIpc) is 2.33. The van der Waals surface area contributed by atoms with Gasteiger partial charge in [0.2, 0.25) is 5.91 Å². The summed E-state index contributed by atoms with van der Waals surface area (Å²) >= 11 is 0. The molecule has 0 aromatic rings. The van der Waals surface area contributed by atoms with Gasteiger partial charge in [0.05, 0.1) is 0 Å². The van der Waals surface area contributed by atoms with Crippen LogP contribution in [0.3, 0.4) is 0 Å². The molecule has 0 saturated carbocycles. The van der Waals surface area contributed by atoms with Crippen LogP contribution >= 0.6 is 0 Å². The summed E-state index contributed by atoms with van der Waals surface area (Å²) in [5.74, 6) is -1.21. The van der Waals surface area contributed by atoms with Gasteiger partial charge in [0.25, 0.3) is 0 Å². The number of carbonyl (C=O) groups is 2. The van der Waals surface area contributed by atoms with Crippen molar-refractivity contribution in [3.8, 4) is 0 Å². The van der Waals surface area contributed by atoms with Crippen molar-refractivity contribution >= 4 is 11.9 Å². The van der Waals surface area contributed by atoms with E-state index in [2.05, 4.69) is 0 Å². The molecule has 1 aliphatic heterocycles. The van der Waals surface area contributed by atoms with Crippen molar-refractivity contribution < 1.29 is 19.4 Å². The summed E-state index contributed by atoms with van der Waals surface area (Å²) in [5.41, 5.74) is -0.0970. The molecule has 1 saturated heterocycles. The Balaban J connectivity index is 2.75. The molecule has 19 heavy (non-hydrogen) atoms. The summed E-state index contributed by atoms with van der Waals surface area (Å²) in [4.78, 5) is 24.5. The van der Waals surface area contributed by atoms with E-state index in [9.17, 15) is 9.59 Å². The first-order chi connectivity index (χ1) is 8.79. The maximum Gasteiger partial charge on any atom is 0.323 e. The lowest BCUT2D eigenvalue weighted by Gasteiger charge is -2.32. The third kappa shape index (κ3) is 5.87. The van der Waals surface area contributed by atoms with E-state index in [1.807, 2.05) is 26.8 Å². The number of allylic oxidation sites excluding steroid dienone is 1. The van der Waals surface area contributed by atoms with Gasteiger partial charge in [0.1, 0.15) is 6.54 Å². The Morgan fingerprint density at radius 2 is 1.89 bits per heavy atom. The molecule has 1 aliphatic rings. The van der Waals surface area contributed by atoms with Crippen LogP contribution in [0.25, 0.3) is 0 Å².